The van der Waals surface area contributed by atoms with Crippen molar-refractivity contribution in [3.63, 3.8) is 0 Å². The van der Waals surface area contributed by atoms with E-state index in [0.717, 1.165) is 0 Å². The molecule has 0 spiro atoms. The minimum Gasteiger partial charge on any atom is -0.135 e. The Morgan fingerprint density at radius 3 is 1.67 bits per heavy atom. The van der Waals surface area contributed by atoms with Gasteiger partial charge >= 0.3 is 0 Å². The number of hydrogen-bond donors (Lipinski definition) is 0. The minimum absolute atomic E-state index is 1.25. The van der Waals surface area contributed by atoms with E-state index in [-0.39, 0.29) is 0 Å². The molecule has 0 nitrogen and oxygen atoms in total. The summed E-state index contributed by atoms with van der Waals surface area (Å²) in [7, 11) is 0. The van der Waals surface area contributed by atoms with Crippen molar-refractivity contribution < 1.29 is 0 Å². The Morgan fingerprint density at radius 1 is 0.349 bits per heavy atom. The second-order valence-electron chi connectivity index (χ2n) is 11.2. The second kappa shape index (κ2) is 9.66. The molecule has 1 heterocycles. The Balaban J connectivity index is 1.38. The highest BCUT2D eigenvalue weighted by molar-refractivity contribution is 7.26. The van der Waals surface area contributed by atoms with Crippen molar-refractivity contribution in [2.24, 2.45) is 0 Å². The van der Waals surface area contributed by atoms with E-state index >= 15 is 0 Å². The molecule has 0 bridgehead atoms. The van der Waals surface area contributed by atoms with Gasteiger partial charge in [0.2, 0.25) is 0 Å². The van der Waals surface area contributed by atoms with E-state index in [1.165, 1.54) is 85.9 Å². The molecule has 0 saturated heterocycles. The lowest BCUT2D eigenvalue weighted by atomic mass is 9.85. The summed E-state index contributed by atoms with van der Waals surface area (Å²) < 4.78 is 2.66. The van der Waals surface area contributed by atoms with Gasteiger partial charge in [-0.15, -0.1) is 11.3 Å². The summed E-state index contributed by atoms with van der Waals surface area (Å²) in [4.78, 5) is 0. The molecule has 0 amide bonds. The van der Waals surface area contributed by atoms with Crippen LogP contribution in [0.5, 0.6) is 0 Å². The van der Waals surface area contributed by atoms with Gasteiger partial charge in [0.05, 0.1) is 0 Å². The van der Waals surface area contributed by atoms with E-state index in [9.17, 15) is 0 Å². The van der Waals surface area contributed by atoms with Gasteiger partial charge < -0.3 is 0 Å². The molecule has 0 unspecified atom stereocenters. The van der Waals surface area contributed by atoms with E-state index in [1.54, 1.807) is 0 Å². The summed E-state index contributed by atoms with van der Waals surface area (Å²) in [6.45, 7) is 0. The topological polar surface area (TPSA) is 0 Å². The minimum atomic E-state index is 1.25. The number of benzene rings is 8. The SMILES string of the molecule is c1ccc(-c2c3ccccc3c(-c3cccc4sc5c(-c6ccc7ccccc7c6)cccc5c34)c3ccccc23)cc1. The molecule has 0 radical (unpaired) electrons. The van der Waals surface area contributed by atoms with Gasteiger partial charge in [-0.2, -0.15) is 0 Å². The quantitative estimate of drug-likeness (QED) is 0.188. The lowest BCUT2D eigenvalue weighted by Gasteiger charge is -2.18. The lowest BCUT2D eigenvalue weighted by molar-refractivity contribution is 1.67. The highest BCUT2D eigenvalue weighted by Gasteiger charge is 2.20. The Hall–Kier alpha value is -5.24. The molecule has 200 valence electrons. The largest absolute Gasteiger partial charge is 0.135 e. The van der Waals surface area contributed by atoms with Crippen LogP contribution in [-0.4, -0.2) is 0 Å². The van der Waals surface area contributed by atoms with Crippen LogP contribution in [0.15, 0.2) is 158 Å². The Morgan fingerprint density at radius 2 is 0.930 bits per heavy atom. The number of thiophene rings is 1. The third-order valence-electron chi connectivity index (χ3n) is 8.85. The van der Waals surface area contributed by atoms with Gasteiger partial charge in [0.25, 0.3) is 0 Å². The molecule has 9 rings (SSSR count). The fraction of sp³-hybridized carbons (Fsp3) is 0. The maximum Gasteiger partial charge on any atom is 0.0434 e. The molecule has 0 fully saturated rings. The first kappa shape index (κ1) is 24.4. The van der Waals surface area contributed by atoms with Crippen LogP contribution in [0.1, 0.15) is 0 Å². The summed E-state index contributed by atoms with van der Waals surface area (Å²) in [5, 5.41) is 10.4. The predicted molar refractivity (Wildman–Crippen MR) is 188 cm³/mol. The van der Waals surface area contributed by atoms with E-state index < -0.39 is 0 Å². The highest BCUT2D eigenvalue weighted by atomic mass is 32.1. The zero-order chi connectivity index (χ0) is 28.3. The predicted octanol–water partition coefficient (Wildman–Crippen LogP) is 12.5. The number of fused-ring (bicyclic) bond motifs is 6. The summed E-state index contributed by atoms with van der Waals surface area (Å²) in [5.74, 6) is 0. The van der Waals surface area contributed by atoms with E-state index in [0.29, 0.717) is 0 Å². The Bertz CT molecular complexity index is 2440. The molecular formula is C42H26S. The van der Waals surface area contributed by atoms with Crippen LogP contribution < -0.4 is 0 Å². The fourth-order valence-corrected chi connectivity index (χ4v) is 8.24. The number of hydrogen-bond acceptors (Lipinski definition) is 1. The first-order chi connectivity index (χ1) is 21.3. The van der Waals surface area contributed by atoms with Crippen LogP contribution in [-0.2, 0) is 0 Å². The molecule has 1 aromatic heterocycles. The van der Waals surface area contributed by atoms with E-state index in [4.69, 9.17) is 0 Å². The third-order valence-corrected chi connectivity index (χ3v) is 10.1. The maximum absolute atomic E-state index is 2.33. The Labute approximate surface area is 254 Å². The molecule has 43 heavy (non-hydrogen) atoms. The van der Waals surface area contributed by atoms with Gasteiger partial charge in [-0.05, 0) is 77.8 Å². The first-order valence-corrected chi connectivity index (χ1v) is 15.6. The smallest absolute Gasteiger partial charge is 0.0434 e. The summed E-state index contributed by atoms with van der Waals surface area (Å²) in [5.41, 5.74) is 7.72. The van der Waals surface area contributed by atoms with E-state index in [1.807, 2.05) is 11.3 Å². The third kappa shape index (κ3) is 3.75. The maximum atomic E-state index is 2.33. The lowest BCUT2D eigenvalue weighted by Crippen LogP contribution is -1.91. The van der Waals surface area contributed by atoms with Gasteiger partial charge in [-0.3, -0.25) is 0 Å². The Kier molecular flexibility index (Phi) is 5.47. The zero-order valence-corrected chi connectivity index (χ0v) is 24.2. The monoisotopic (exact) mass is 562 g/mol. The van der Waals surface area contributed by atoms with Crippen LogP contribution in [0.3, 0.4) is 0 Å². The fourth-order valence-electron chi connectivity index (χ4n) is 6.97. The van der Waals surface area contributed by atoms with Crippen molar-refractivity contribution in [1.82, 2.24) is 0 Å². The first-order valence-electron chi connectivity index (χ1n) is 14.8. The second-order valence-corrected chi connectivity index (χ2v) is 12.3. The molecule has 0 saturated carbocycles. The van der Waals surface area contributed by atoms with Crippen molar-refractivity contribution in [2.45, 2.75) is 0 Å². The number of rotatable bonds is 3. The molecule has 0 aliphatic heterocycles. The summed E-state index contributed by atoms with van der Waals surface area (Å²) in [6, 6.07) is 57.8. The van der Waals surface area contributed by atoms with Crippen molar-refractivity contribution in [3.8, 4) is 33.4 Å². The van der Waals surface area contributed by atoms with Gasteiger partial charge in [0, 0.05) is 20.2 Å². The van der Waals surface area contributed by atoms with Crippen molar-refractivity contribution in [1.29, 1.82) is 0 Å². The zero-order valence-electron chi connectivity index (χ0n) is 23.4. The van der Waals surface area contributed by atoms with Crippen LogP contribution in [0.2, 0.25) is 0 Å². The summed E-state index contributed by atoms with van der Waals surface area (Å²) >= 11 is 1.91. The average molecular weight is 563 g/mol. The van der Waals surface area contributed by atoms with Gasteiger partial charge in [-0.1, -0.05) is 146 Å². The van der Waals surface area contributed by atoms with E-state index in [2.05, 4.69) is 158 Å². The van der Waals surface area contributed by atoms with Crippen molar-refractivity contribution in [2.75, 3.05) is 0 Å². The molecular weight excluding hydrogens is 537 g/mol. The molecule has 0 atom stereocenters. The van der Waals surface area contributed by atoms with Crippen molar-refractivity contribution in [3.05, 3.63) is 158 Å². The summed E-state index contributed by atoms with van der Waals surface area (Å²) in [6.07, 6.45) is 0. The molecule has 0 aliphatic rings. The molecule has 0 N–H and O–H groups in total. The van der Waals surface area contributed by atoms with Gasteiger partial charge in [-0.25, -0.2) is 0 Å². The van der Waals surface area contributed by atoms with Crippen LogP contribution in [0, 0.1) is 0 Å². The molecule has 1 heteroatoms. The van der Waals surface area contributed by atoms with Gasteiger partial charge in [0.1, 0.15) is 0 Å². The molecule has 8 aromatic carbocycles. The van der Waals surface area contributed by atoms with Crippen LogP contribution in [0.4, 0.5) is 0 Å². The molecule has 0 aliphatic carbocycles. The normalized spacial score (nSPS) is 11.7. The van der Waals surface area contributed by atoms with Crippen LogP contribution in [0.25, 0.3) is 85.9 Å². The molecule has 9 aromatic rings. The van der Waals surface area contributed by atoms with Crippen molar-refractivity contribution >= 4 is 63.8 Å². The average Bonchev–Trinajstić information content (AvgIpc) is 3.47. The van der Waals surface area contributed by atoms with Crippen LogP contribution >= 0.6 is 11.3 Å². The standard InChI is InChI=1S/C42H26S/c1-2-13-28(14-3-1)39-32-16-6-8-18-34(32)40(35-19-9-7-17-33(35)39)36-21-11-23-38-41(36)37-22-10-20-31(42(37)43-38)30-25-24-27-12-4-5-15-29(27)26-30/h1-26H. The highest BCUT2D eigenvalue weighted by Crippen LogP contribution is 2.49. The van der Waals surface area contributed by atoms with Gasteiger partial charge in [0.15, 0.2) is 0 Å².